The van der Waals surface area contributed by atoms with E-state index in [9.17, 15) is 9.90 Å². The van der Waals surface area contributed by atoms with Crippen molar-refractivity contribution in [2.75, 3.05) is 6.61 Å². The minimum Gasteiger partial charge on any atom is -0.393 e. The predicted molar refractivity (Wildman–Crippen MR) is 78.4 cm³/mol. The second-order valence-electron chi connectivity index (χ2n) is 7.14. The number of aliphatic hydroxyl groups is 1. The Labute approximate surface area is 122 Å². The number of nitrogens with one attached hydrogen (secondary N) is 1. The van der Waals surface area contributed by atoms with Crippen molar-refractivity contribution in [2.24, 2.45) is 5.41 Å². The quantitative estimate of drug-likeness (QED) is 0.836. The molecule has 0 bridgehead atoms. The number of carbonyl (C=O) groups excluding carboxylic acids is 1. The molecule has 0 spiro atoms. The van der Waals surface area contributed by atoms with E-state index in [0.717, 1.165) is 51.6 Å². The van der Waals surface area contributed by atoms with Gasteiger partial charge in [-0.2, -0.15) is 0 Å². The Bertz CT molecular complexity index is 346. The zero-order valence-electron chi connectivity index (χ0n) is 13.1. The lowest BCUT2D eigenvalue weighted by molar-refractivity contribution is -0.137. The maximum atomic E-state index is 12.7. The fourth-order valence-electron chi connectivity index (χ4n) is 3.59. The number of hydrogen-bond donors (Lipinski definition) is 2. The van der Waals surface area contributed by atoms with E-state index < -0.39 is 0 Å². The highest BCUT2D eigenvalue weighted by molar-refractivity contribution is 5.83. The standard InChI is InChI=1S/C16H29NO3/c1-4-16(8-5-13(18)6-9-16)14(19)17-12-7-10-20-15(2,3)11-12/h12-13,18H,4-11H2,1-3H3,(H,17,19)/t12-,13?,16?/m0/s1. The van der Waals surface area contributed by atoms with Gasteiger partial charge in [0.25, 0.3) is 0 Å². The summed E-state index contributed by atoms with van der Waals surface area (Å²) < 4.78 is 5.70. The fraction of sp³-hybridized carbons (Fsp3) is 0.938. The van der Waals surface area contributed by atoms with Gasteiger partial charge in [-0.05, 0) is 58.8 Å². The van der Waals surface area contributed by atoms with Gasteiger partial charge in [0.05, 0.1) is 11.7 Å². The highest BCUT2D eigenvalue weighted by Crippen LogP contribution is 2.40. The second kappa shape index (κ2) is 6.02. The number of ether oxygens (including phenoxy) is 1. The monoisotopic (exact) mass is 283 g/mol. The van der Waals surface area contributed by atoms with Gasteiger partial charge in [0, 0.05) is 18.1 Å². The van der Waals surface area contributed by atoms with Gasteiger partial charge in [-0.1, -0.05) is 6.92 Å². The molecule has 1 amide bonds. The predicted octanol–water partition coefficient (Wildman–Crippen LogP) is 2.39. The molecule has 4 heteroatoms. The first-order valence-electron chi connectivity index (χ1n) is 8.00. The van der Waals surface area contributed by atoms with Gasteiger partial charge in [-0.25, -0.2) is 0 Å². The summed E-state index contributed by atoms with van der Waals surface area (Å²) in [5.41, 5.74) is -0.403. The normalized spacial score (nSPS) is 37.4. The maximum Gasteiger partial charge on any atom is 0.226 e. The van der Waals surface area contributed by atoms with Crippen LogP contribution in [0.2, 0.25) is 0 Å². The summed E-state index contributed by atoms with van der Waals surface area (Å²) in [4.78, 5) is 12.7. The number of aliphatic hydroxyl groups excluding tert-OH is 1. The van der Waals surface area contributed by atoms with Crippen LogP contribution in [-0.4, -0.2) is 35.4 Å². The molecule has 1 aliphatic carbocycles. The van der Waals surface area contributed by atoms with Crippen molar-refractivity contribution in [1.29, 1.82) is 0 Å². The third-order valence-corrected chi connectivity index (χ3v) is 5.10. The molecule has 2 fully saturated rings. The van der Waals surface area contributed by atoms with Gasteiger partial charge in [0.2, 0.25) is 5.91 Å². The van der Waals surface area contributed by atoms with Crippen LogP contribution in [0, 0.1) is 5.41 Å². The molecular formula is C16H29NO3. The zero-order chi connectivity index (χ0) is 14.8. The summed E-state index contributed by atoms with van der Waals surface area (Å²) in [5.74, 6) is 0.189. The first-order chi connectivity index (χ1) is 9.37. The minimum atomic E-state index is -0.262. The Morgan fingerprint density at radius 2 is 1.95 bits per heavy atom. The number of hydrogen-bond acceptors (Lipinski definition) is 3. The summed E-state index contributed by atoms with van der Waals surface area (Å²) >= 11 is 0. The topological polar surface area (TPSA) is 58.6 Å². The summed E-state index contributed by atoms with van der Waals surface area (Å²) in [6.45, 7) is 6.97. The molecule has 0 aromatic rings. The summed E-state index contributed by atoms with van der Waals surface area (Å²) in [6, 6.07) is 0.224. The molecule has 0 aromatic carbocycles. The van der Waals surface area contributed by atoms with Gasteiger partial charge in [0.1, 0.15) is 0 Å². The third kappa shape index (κ3) is 3.53. The van der Waals surface area contributed by atoms with Gasteiger partial charge >= 0.3 is 0 Å². The number of carbonyl (C=O) groups is 1. The van der Waals surface area contributed by atoms with Crippen molar-refractivity contribution >= 4 is 5.91 Å². The Kier molecular flexibility index (Phi) is 4.75. The lowest BCUT2D eigenvalue weighted by Gasteiger charge is -2.40. The van der Waals surface area contributed by atoms with Crippen LogP contribution >= 0.6 is 0 Å². The molecule has 116 valence electrons. The van der Waals surface area contributed by atoms with Crippen LogP contribution in [0.5, 0.6) is 0 Å². The van der Waals surface area contributed by atoms with Crippen LogP contribution in [-0.2, 0) is 9.53 Å². The summed E-state index contributed by atoms with van der Waals surface area (Å²) in [6.07, 6.45) is 5.54. The highest BCUT2D eigenvalue weighted by Gasteiger charge is 2.41. The van der Waals surface area contributed by atoms with Crippen molar-refractivity contribution in [3.05, 3.63) is 0 Å². The SMILES string of the molecule is CCC1(C(=O)N[C@H]2CCOC(C)(C)C2)CCC(O)CC1. The van der Waals surface area contributed by atoms with Crippen molar-refractivity contribution in [3.63, 3.8) is 0 Å². The van der Waals surface area contributed by atoms with E-state index in [0.29, 0.717) is 0 Å². The smallest absolute Gasteiger partial charge is 0.226 e. The van der Waals surface area contributed by atoms with E-state index in [1.165, 1.54) is 0 Å². The molecular weight excluding hydrogens is 254 g/mol. The highest BCUT2D eigenvalue weighted by atomic mass is 16.5. The van der Waals surface area contributed by atoms with E-state index >= 15 is 0 Å². The van der Waals surface area contributed by atoms with E-state index in [4.69, 9.17) is 4.74 Å². The van der Waals surface area contributed by atoms with Crippen LogP contribution in [0.3, 0.4) is 0 Å². The summed E-state index contributed by atoms with van der Waals surface area (Å²) in [5, 5.41) is 12.9. The lowest BCUT2D eigenvalue weighted by Crippen LogP contribution is -2.51. The molecule has 1 aliphatic heterocycles. The van der Waals surface area contributed by atoms with Crippen molar-refractivity contribution in [3.8, 4) is 0 Å². The summed E-state index contributed by atoms with van der Waals surface area (Å²) in [7, 11) is 0. The van der Waals surface area contributed by atoms with E-state index in [1.807, 2.05) is 0 Å². The van der Waals surface area contributed by atoms with E-state index in [2.05, 4.69) is 26.1 Å². The van der Waals surface area contributed by atoms with Crippen molar-refractivity contribution in [2.45, 2.75) is 83.5 Å². The molecule has 2 aliphatic rings. The van der Waals surface area contributed by atoms with Gasteiger partial charge in [-0.15, -0.1) is 0 Å². The Balaban J connectivity index is 1.96. The van der Waals surface area contributed by atoms with Crippen LogP contribution in [0.1, 0.15) is 65.7 Å². The molecule has 0 unspecified atom stereocenters. The van der Waals surface area contributed by atoms with Gasteiger partial charge < -0.3 is 15.2 Å². The molecule has 0 aromatic heterocycles. The Morgan fingerprint density at radius 3 is 2.50 bits per heavy atom. The fourth-order valence-corrected chi connectivity index (χ4v) is 3.59. The third-order valence-electron chi connectivity index (χ3n) is 5.10. The van der Waals surface area contributed by atoms with Gasteiger partial charge in [0.15, 0.2) is 0 Å². The van der Waals surface area contributed by atoms with Crippen LogP contribution < -0.4 is 5.32 Å². The number of rotatable bonds is 3. The van der Waals surface area contributed by atoms with Crippen LogP contribution in [0.15, 0.2) is 0 Å². The molecule has 1 saturated heterocycles. The first-order valence-corrected chi connectivity index (χ1v) is 8.00. The molecule has 0 radical (unpaired) electrons. The molecule has 1 atom stereocenters. The largest absolute Gasteiger partial charge is 0.393 e. The second-order valence-corrected chi connectivity index (χ2v) is 7.14. The molecule has 20 heavy (non-hydrogen) atoms. The number of amides is 1. The molecule has 4 nitrogen and oxygen atoms in total. The van der Waals surface area contributed by atoms with E-state index in [1.54, 1.807) is 0 Å². The van der Waals surface area contributed by atoms with E-state index in [-0.39, 0.29) is 29.1 Å². The first kappa shape index (κ1) is 15.8. The van der Waals surface area contributed by atoms with Crippen molar-refractivity contribution < 1.29 is 14.6 Å². The van der Waals surface area contributed by atoms with Crippen LogP contribution in [0.4, 0.5) is 0 Å². The average Bonchev–Trinajstić information content (AvgIpc) is 2.38. The Morgan fingerprint density at radius 1 is 1.30 bits per heavy atom. The molecule has 2 N–H and O–H groups in total. The minimum absolute atomic E-state index is 0.141. The van der Waals surface area contributed by atoms with Crippen LogP contribution in [0.25, 0.3) is 0 Å². The molecule has 2 rings (SSSR count). The average molecular weight is 283 g/mol. The lowest BCUT2D eigenvalue weighted by atomic mass is 9.70. The molecule has 1 saturated carbocycles. The Hall–Kier alpha value is -0.610. The zero-order valence-corrected chi connectivity index (χ0v) is 13.1. The maximum absolute atomic E-state index is 12.7. The molecule has 1 heterocycles. The van der Waals surface area contributed by atoms with Crippen molar-refractivity contribution in [1.82, 2.24) is 5.32 Å². The van der Waals surface area contributed by atoms with Gasteiger partial charge in [-0.3, -0.25) is 4.79 Å².